The van der Waals surface area contributed by atoms with E-state index in [1.54, 1.807) is 0 Å². The fourth-order valence-electron chi connectivity index (χ4n) is 17.6. The van der Waals surface area contributed by atoms with Gasteiger partial charge in [0.2, 0.25) is 13.4 Å². The van der Waals surface area contributed by atoms with Crippen molar-refractivity contribution in [2.75, 3.05) is 0 Å². The maximum atomic E-state index is 2.67. The molecule has 394 valence electrons. The van der Waals surface area contributed by atoms with Gasteiger partial charge in [-0.3, -0.25) is 0 Å². The number of rotatable bonds is 4. The second kappa shape index (κ2) is 16.6. The van der Waals surface area contributed by atoms with Crippen molar-refractivity contribution in [2.45, 2.75) is 30.4 Å². The van der Waals surface area contributed by atoms with Gasteiger partial charge in [-0.15, -0.1) is 0 Å². The Morgan fingerprint density at radius 3 is 1.07 bits per heavy atom. The number of fused-ring (bicyclic) bond motifs is 20. The van der Waals surface area contributed by atoms with Gasteiger partial charge in [0.15, 0.2) is 0 Å². The van der Waals surface area contributed by atoms with Crippen LogP contribution in [0.4, 0.5) is 0 Å². The fourth-order valence-corrected chi connectivity index (χ4v) is 20.1. The lowest BCUT2D eigenvalue weighted by molar-refractivity contribution is 0.769. The molecule has 0 bridgehead atoms. The van der Waals surface area contributed by atoms with E-state index in [1.165, 1.54) is 174 Å². The van der Waals surface area contributed by atoms with Crippen LogP contribution in [-0.2, 0) is 10.8 Å². The molecule has 0 radical (unpaired) electrons. The summed E-state index contributed by atoms with van der Waals surface area (Å²) in [7, 11) is 0. The van der Waals surface area contributed by atoms with Crippen molar-refractivity contribution in [3.63, 3.8) is 0 Å². The highest BCUT2D eigenvalue weighted by Gasteiger charge is 2.50. The highest BCUT2D eigenvalue weighted by molar-refractivity contribution is 8.01. The second-order valence-electron chi connectivity index (χ2n) is 24.4. The molecule has 0 N–H and O–H groups in total. The third kappa shape index (κ3) is 5.54. The topological polar surface area (TPSA) is 9.86 Å². The number of benzene rings is 13. The Labute approximate surface area is 506 Å². The molecule has 0 atom stereocenters. The molecule has 86 heavy (non-hydrogen) atoms. The van der Waals surface area contributed by atoms with E-state index in [9.17, 15) is 0 Å². The summed E-state index contributed by atoms with van der Waals surface area (Å²) in [5, 5.41) is 5.22. The van der Waals surface area contributed by atoms with Gasteiger partial charge in [0.1, 0.15) is 0 Å². The first-order valence-corrected chi connectivity index (χ1v) is 31.8. The number of aromatic nitrogens is 2. The summed E-state index contributed by atoms with van der Waals surface area (Å²) >= 11 is 3.93. The van der Waals surface area contributed by atoms with Gasteiger partial charge in [0.25, 0.3) is 0 Å². The third-order valence-corrected chi connectivity index (χ3v) is 23.1. The monoisotopic (exact) mass is 1120 g/mol. The maximum Gasteiger partial charge on any atom is 0.249 e. The highest BCUT2D eigenvalue weighted by Crippen LogP contribution is 2.60. The van der Waals surface area contributed by atoms with Crippen molar-refractivity contribution in [3.05, 3.63) is 324 Å². The normalized spacial score (nSPS) is 15.0. The zero-order valence-corrected chi connectivity index (χ0v) is 48.1. The highest BCUT2D eigenvalue weighted by atomic mass is 32.2. The molecular weight excluding hydrogens is 1070 g/mol. The average Bonchev–Trinajstić information content (AvgIpc) is 1.51. The van der Waals surface area contributed by atoms with E-state index in [2.05, 4.69) is 288 Å². The second-order valence-corrected chi connectivity index (χ2v) is 26.6. The minimum absolute atomic E-state index is 0.0517. The molecule has 0 saturated heterocycles. The lowest BCUT2D eigenvalue weighted by Crippen LogP contribution is -2.62. The lowest BCUT2D eigenvalue weighted by Gasteiger charge is -2.37. The van der Waals surface area contributed by atoms with Crippen molar-refractivity contribution in [2.24, 2.45) is 0 Å². The molecule has 21 rings (SSSR count). The van der Waals surface area contributed by atoms with E-state index in [-0.39, 0.29) is 13.4 Å². The van der Waals surface area contributed by atoms with E-state index in [0.29, 0.717) is 0 Å². The first-order chi connectivity index (χ1) is 42.7. The van der Waals surface area contributed by atoms with Gasteiger partial charge in [-0.1, -0.05) is 259 Å². The van der Waals surface area contributed by atoms with Crippen LogP contribution in [0.1, 0.15) is 44.5 Å². The van der Waals surface area contributed by atoms with Gasteiger partial charge in [-0.25, -0.2) is 0 Å². The van der Waals surface area contributed by atoms with Gasteiger partial charge in [-0.05, 0) is 143 Å². The molecule has 4 aliphatic heterocycles. The van der Waals surface area contributed by atoms with Gasteiger partial charge >= 0.3 is 0 Å². The van der Waals surface area contributed by atoms with Crippen molar-refractivity contribution >= 4 is 113 Å². The molecule has 0 spiro atoms. The molecule has 6 heterocycles. The summed E-state index contributed by atoms with van der Waals surface area (Å²) < 4.78 is 5.31. The van der Waals surface area contributed by atoms with Crippen LogP contribution in [0.25, 0.3) is 77.2 Å². The Balaban J connectivity index is 0.786. The van der Waals surface area contributed by atoms with Crippen LogP contribution in [0.5, 0.6) is 0 Å². The summed E-state index contributed by atoms with van der Waals surface area (Å²) in [5.41, 5.74) is 30.9. The number of hydrogen-bond donors (Lipinski definition) is 0. The molecule has 6 heteroatoms. The first kappa shape index (κ1) is 46.6. The van der Waals surface area contributed by atoms with Gasteiger partial charge in [0, 0.05) is 63.5 Å². The number of para-hydroxylation sites is 2. The van der Waals surface area contributed by atoms with E-state index >= 15 is 0 Å². The van der Waals surface area contributed by atoms with Crippen LogP contribution in [0.15, 0.2) is 299 Å². The van der Waals surface area contributed by atoms with Crippen LogP contribution < -0.4 is 32.8 Å². The number of nitrogens with zero attached hydrogens (tertiary/aromatic N) is 2. The summed E-state index contributed by atoms with van der Waals surface area (Å²) in [4.78, 5) is 5.40. The standard InChI is InChI=1S/C80H46B2N2S2/c1-5-21-47(22-6-1)79(48-23-7-2-8-24-48)59-33-15-13-29-51(59)55-41-57-53-31-17-35-63-77(53)83(69(57)43-61(55)79)67-37-19-39-71-75(67)81(63)65-45-66-74(46-73(65)85-71)86-72-40-20-38-68-76(72)82(66)64-36-18-32-54-58-42-56-52-30-14-16-34-60(52)80(49-25-9-3-10-26-49,50-27-11-4-12-28-50)62(56)44-70(58)84(68)78(54)64/h1-46H. The minimum Gasteiger partial charge on any atom is -0.310 e. The molecule has 2 nitrogen and oxygen atoms in total. The van der Waals surface area contributed by atoms with Gasteiger partial charge < -0.3 is 9.13 Å². The Kier molecular flexibility index (Phi) is 8.99. The molecule has 2 aromatic heterocycles. The average molecular weight is 1120 g/mol. The molecule has 6 aliphatic rings. The molecule has 15 aromatic rings. The molecule has 0 fully saturated rings. The molecule has 0 unspecified atom stereocenters. The predicted molar refractivity (Wildman–Crippen MR) is 360 cm³/mol. The van der Waals surface area contributed by atoms with E-state index in [0.717, 1.165) is 0 Å². The predicted octanol–water partition coefficient (Wildman–Crippen LogP) is 15.2. The smallest absolute Gasteiger partial charge is 0.249 e. The van der Waals surface area contributed by atoms with Crippen LogP contribution in [0, 0.1) is 0 Å². The fraction of sp³-hybridized carbons (Fsp3) is 0.0250. The summed E-state index contributed by atoms with van der Waals surface area (Å²) in [6.07, 6.45) is 0. The zero-order valence-electron chi connectivity index (χ0n) is 46.4. The Morgan fingerprint density at radius 2 is 0.651 bits per heavy atom. The maximum absolute atomic E-state index is 2.67. The van der Waals surface area contributed by atoms with E-state index in [1.807, 2.05) is 23.5 Å². The minimum atomic E-state index is -0.499. The van der Waals surface area contributed by atoms with Crippen LogP contribution in [0.3, 0.4) is 0 Å². The van der Waals surface area contributed by atoms with Crippen molar-refractivity contribution in [1.82, 2.24) is 9.13 Å². The third-order valence-electron chi connectivity index (χ3n) is 20.8. The van der Waals surface area contributed by atoms with Gasteiger partial charge in [-0.2, -0.15) is 0 Å². The zero-order chi connectivity index (χ0) is 55.7. The molecule has 0 amide bonds. The summed E-state index contributed by atoms with van der Waals surface area (Å²) in [6.45, 7) is 0.103. The van der Waals surface area contributed by atoms with Crippen molar-refractivity contribution < 1.29 is 0 Å². The lowest BCUT2D eigenvalue weighted by atomic mass is 9.32. The van der Waals surface area contributed by atoms with Crippen LogP contribution in [0.2, 0.25) is 0 Å². The summed E-state index contributed by atoms with van der Waals surface area (Å²) in [6, 6.07) is 107. The van der Waals surface area contributed by atoms with E-state index in [4.69, 9.17) is 0 Å². The molecule has 0 saturated carbocycles. The van der Waals surface area contributed by atoms with Gasteiger partial charge in [0.05, 0.1) is 21.9 Å². The Morgan fingerprint density at radius 1 is 0.267 bits per heavy atom. The molecule has 2 aliphatic carbocycles. The van der Waals surface area contributed by atoms with Crippen molar-refractivity contribution in [1.29, 1.82) is 0 Å². The largest absolute Gasteiger partial charge is 0.310 e. The number of hydrogen-bond acceptors (Lipinski definition) is 2. The van der Waals surface area contributed by atoms with E-state index < -0.39 is 10.8 Å². The first-order valence-electron chi connectivity index (χ1n) is 30.1. The van der Waals surface area contributed by atoms with Crippen LogP contribution >= 0.6 is 23.5 Å². The molecule has 13 aromatic carbocycles. The Bertz CT molecular complexity index is 5130. The van der Waals surface area contributed by atoms with Crippen molar-refractivity contribution in [3.8, 4) is 33.6 Å². The summed E-state index contributed by atoms with van der Waals surface area (Å²) in [5.74, 6) is 0. The van der Waals surface area contributed by atoms with Crippen LogP contribution in [-0.4, -0.2) is 22.6 Å². The Hall–Kier alpha value is -9.71. The SMILES string of the molecule is c1ccc(C2(c3ccccc3)c3ccccc3-c3cc4c5cccc6c5n(c4cc32)-c2cccc3c2B6c2cc4c(cc2S3)Sc2cccc3c2B4c2cccc4c5cc6c(cc5n-3c24)C(c2ccccc2)(c2ccccc2)c2ccccc2-6)cc1. The molecular formula is C80H46B2N2S2. The quantitative estimate of drug-likeness (QED) is 0.163.